The van der Waals surface area contributed by atoms with E-state index in [2.05, 4.69) is 4.72 Å². The molecule has 1 unspecified atom stereocenters. The molecule has 0 bridgehead atoms. The van der Waals surface area contributed by atoms with Crippen LogP contribution < -0.4 is 4.72 Å². The highest BCUT2D eigenvalue weighted by Crippen LogP contribution is 2.35. The molecule has 0 spiro atoms. The Kier molecular flexibility index (Phi) is 5.10. The van der Waals surface area contributed by atoms with E-state index < -0.39 is 37.7 Å². The van der Waals surface area contributed by atoms with Crippen LogP contribution in [0.5, 0.6) is 0 Å². The normalized spacial score (nSPS) is 14.6. The molecule has 114 valence electrons. The van der Waals surface area contributed by atoms with Crippen LogP contribution in [-0.4, -0.2) is 14.5 Å². The van der Waals surface area contributed by atoms with Crippen molar-refractivity contribution in [3.05, 3.63) is 28.8 Å². The van der Waals surface area contributed by atoms with Gasteiger partial charge in [0.15, 0.2) is 0 Å². The Morgan fingerprint density at radius 1 is 1.20 bits per heavy atom. The second-order valence-electron chi connectivity index (χ2n) is 4.79. The minimum absolute atomic E-state index is 0.0131. The topological polar surface area (TPSA) is 46.2 Å². The van der Waals surface area contributed by atoms with Gasteiger partial charge in [-0.25, -0.2) is 13.1 Å². The maximum absolute atomic E-state index is 12.7. The van der Waals surface area contributed by atoms with Crippen molar-refractivity contribution in [2.24, 2.45) is 5.92 Å². The van der Waals surface area contributed by atoms with Crippen LogP contribution in [0.1, 0.15) is 26.3 Å². The maximum Gasteiger partial charge on any atom is 0.417 e. The number of halogens is 4. The van der Waals surface area contributed by atoms with Crippen LogP contribution in [0.25, 0.3) is 0 Å². The molecule has 0 aromatic heterocycles. The molecule has 0 amide bonds. The summed E-state index contributed by atoms with van der Waals surface area (Å²) in [5, 5.41) is -0.534. The van der Waals surface area contributed by atoms with Crippen molar-refractivity contribution < 1.29 is 21.6 Å². The maximum atomic E-state index is 12.7. The number of sulfonamides is 1. The molecule has 8 heteroatoms. The molecular weight excluding hydrogens is 315 g/mol. The monoisotopic (exact) mass is 329 g/mol. The van der Waals surface area contributed by atoms with Gasteiger partial charge in [0.2, 0.25) is 10.0 Å². The van der Waals surface area contributed by atoms with Gasteiger partial charge in [-0.05, 0) is 31.0 Å². The van der Waals surface area contributed by atoms with Crippen molar-refractivity contribution in [2.45, 2.75) is 37.9 Å². The lowest BCUT2D eigenvalue weighted by Crippen LogP contribution is -2.36. The fourth-order valence-electron chi connectivity index (χ4n) is 1.34. The number of rotatable bonds is 4. The summed E-state index contributed by atoms with van der Waals surface area (Å²) < 4.78 is 64.5. The molecular formula is C12H15ClF3NO2S. The number of hydrogen-bond donors (Lipinski definition) is 1. The van der Waals surface area contributed by atoms with E-state index in [1.165, 1.54) is 0 Å². The summed E-state index contributed by atoms with van der Waals surface area (Å²) >= 11 is 5.45. The first-order chi connectivity index (χ1) is 8.95. The molecule has 0 fully saturated rings. The Morgan fingerprint density at radius 3 is 2.20 bits per heavy atom. The molecule has 1 aromatic rings. The number of nitrogens with one attached hydrogen (secondary N) is 1. The van der Waals surface area contributed by atoms with Gasteiger partial charge < -0.3 is 0 Å². The third-order valence-corrected chi connectivity index (χ3v) is 4.78. The van der Waals surface area contributed by atoms with Crippen molar-refractivity contribution in [3.8, 4) is 0 Å². The van der Waals surface area contributed by atoms with Gasteiger partial charge in [0, 0.05) is 6.04 Å². The minimum atomic E-state index is -4.70. The highest BCUT2D eigenvalue weighted by atomic mass is 35.5. The highest BCUT2D eigenvalue weighted by molar-refractivity contribution is 7.89. The first-order valence-electron chi connectivity index (χ1n) is 5.84. The predicted octanol–water partition coefficient (Wildman–Crippen LogP) is 3.68. The summed E-state index contributed by atoms with van der Waals surface area (Å²) in [6.07, 6.45) is -4.70. The molecule has 3 nitrogen and oxygen atoms in total. The SMILES string of the molecule is CC(C)C(C)NS(=O)(=O)c1ccc(Cl)c(C(F)(F)F)c1. The third kappa shape index (κ3) is 4.10. The van der Waals surface area contributed by atoms with Crippen LogP contribution in [0, 0.1) is 5.92 Å². The van der Waals surface area contributed by atoms with Gasteiger partial charge in [0.1, 0.15) is 0 Å². The van der Waals surface area contributed by atoms with Crippen LogP contribution in [0.15, 0.2) is 23.1 Å². The highest BCUT2D eigenvalue weighted by Gasteiger charge is 2.34. The quantitative estimate of drug-likeness (QED) is 0.916. The van der Waals surface area contributed by atoms with E-state index in [0.717, 1.165) is 12.1 Å². The molecule has 1 aromatic carbocycles. The largest absolute Gasteiger partial charge is 0.417 e. The first-order valence-corrected chi connectivity index (χ1v) is 7.70. The van der Waals surface area contributed by atoms with Crippen LogP contribution in [0.2, 0.25) is 5.02 Å². The zero-order valence-corrected chi connectivity index (χ0v) is 12.7. The third-order valence-electron chi connectivity index (χ3n) is 2.89. The lowest BCUT2D eigenvalue weighted by atomic mass is 10.1. The molecule has 0 aliphatic carbocycles. The lowest BCUT2D eigenvalue weighted by Gasteiger charge is -2.18. The summed E-state index contributed by atoms with van der Waals surface area (Å²) in [5.74, 6) is 0.0131. The van der Waals surface area contributed by atoms with E-state index >= 15 is 0 Å². The van der Waals surface area contributed by atoms with Crippen LogP contribution in [0.3, 0.4) is 0 Å². The molecule has 1 N–H and O–H groups in total. The van der Waals surface area contributed by atoms with Gasteiger partial charge in [0.05, 0.1) is 15.5 Å². The smallest absolute Gasteiger partial charge is 0.208 e. The standard InChI is InChI=1S/C12H15ClF3NO2S/c1-7(2)8(3)17-20(18,19)9-4-5-11(13)10(6-9)12(14,15)16/h4-8,17H,1-3H3. The van der Waals surface area contributed by atoms with Crippen molar-refractivity contribution >= 4 is 21.6 Å². The van der Waals surface area contributed by atoms with Gasteiger partial charge in [-0.15, -0.1) is 0 Å². The second-order valence-corrected chi connectivity index (χ2v) is 6.91. The van der Waals surface area contributed by atoms with Crippen LogP contribution >= 0.6 is 11.6 Å². The van der Waals surface area contributed by atoms with Crippen molar-refractivity contribution in [1.82, 2.24) is 4.72 Å². The number of alkyl halides is 3. The number of hydrogen-bond acceptors (Lipinski definition) is 2. The Hall–Kier alpha value is -0.790. The van der Waals surface area contributed by atoms with Gasteiger partial charge in [-0.1, -0.05) is 25.4 Å². The Balaban J connectivity index is 3.21. The first kappa shape index (κ1) is 17.3. The van der Waals surface area contributed by atoms with Crippen molar-refractivity contribution in [2.75, 3.05) is 0 Å². The lowest BCUT2D eigenvalue weighted by molar-refractivity contribution is -0.137. The summed E-state index contributed by atoms with van der Waals surface area (Å²) in [6.45, 7) is 5.25. The van der Waals surface area contributed by atoms with E-state index in [9.17, 15) is 21.6 Å². The van der Waals surface area contributed by atoms with Gasteiger partial charge in [-0.2, -0.15) is 13.2 Å². The zero-order valence-electron chi connectivity index (χ0n) is 11.1. The van der Waals surface area contributed by atoms with Gasteiger partial charge >= 0.3 is 6.18 Å². The van der Waals surface area contributed by atoms with E-state index in [4.69, 9.17) is 11.6 Å². The van der Waals surface area contributed by atoms with Gasteiger partial charge in [-0.3, -0.25) is 0 Å². The summed E-state index contributed by atoms with van der Waals surface area (Å²) in [6, 6.07) is 2.12. The summed E-state index contributed by atoms with van der Waals surface area (Å²) in [7, 11) is -4.01. The van der Waals surface area contributed by atoms with Gasteiger partial charge in [0.25, 0.3) is 0 Å². The van der Waals surface area contributed by atoms with E-state index in [0.29, 0.717) is 6.07 Å². The van der Waals surface area contributed by atoms with E-state index in [1.807, 2.05) is 0 Å². The molecule has 0 radical (unpaired) electrons. The summed E-state index contributed by atoms with van der Waals surface area (Å²) in [4.78, 5) is -0.457. The second kappa shape index (κ2) is 5.91. The van der Waals surface area contributed by atoms with Crippen molar-refractivity contribution in [1.29, 1.82) is 0 Å². The van der Waals surface area contributed by atoms with Crippen LogP contribution in [-0.2, 0) is 16.2 Å². The molecule has 1 rings (SSSR count). The van der Waals surface area contributed by atoms with Crippen molar-refractivity contribution in [3.63, 3.8) is 0 Å². The molecule has 0 aliphatic heterocycles. The summed E-state index contributed by atoms with van der Waals surface area (Å²) in [5.41, 5.74) is -1.17. The number of benzene rings is 1. The fourth-order valence-corrected chi connectivity index (χ4v) is 2.98. The molecule has 0 heterocycles. The van der Waals surface area contributed by atoms with E-state index in [-0.39, 0.29) is 5.92 Å². The Labute approximate surface area is 121 Å². The fraction of sp³-hybridized carbons (Fsp3) is 0.500. The average molecular weight is 330 g/mol. The Bertz CT molecular complexity index is 585. The molecule has 1 atom stereocenters. The average Bonchev–Trinajstić information content (AvgIpc) is 2.26. The van der Waals surface area contributed by atoms with Crippen LogP contribution in [0.4, 0.5) is 13.2 Å². The molecule has 20 heavy (non-hydrogen) atoms. The zero-order chi connectivity index (χ0) is 15.7. The van der Waals surface area contributed by atoms with E-state index in [1.54, 1.807) is 20.8 Å². The Morgan fingerprint density at radius 2 is 1.75 bits per heavy atom. The molecule has 0 saturated heterocycles. The predicted molar refractivity (Wildman–Crippen MR) is 71.1 cm³/mol. The minimum Gasteiger partial charge on any atom is -0.208 e. The molecule has 0 aliphatic rings. The molecule has 0 saturated carbocycles.